The van der Waals surface area contributed by atoms with Crippen molar-refractivity contribution in [2.24, 2.45) is 0 Å². The first kappa shape index (κ1) is 30.7. The predicted molar refractivity (Wildman–Crippen MR) is 121 cm³/mol. The number of hydrogen-bond donors (Lipinski definition) is 1. The summed E-state index contributed by atoms with van der Waals surface area (Å²) in [6, 6.07) is 9.96. The van der Waals surface area contributed by atoms with Crippen molar-refractivity contribution < 1.29 is 23.4 Å². The van der Waals surface area contributed by atoms with Crippen molar-refractivity contribution in [2.45, 2.75) is 98.8 Å². The van der Waals surface area contributed by atoms with E-state index in [4.69, 9.17) is 14.6 Å². The number of carboxylic acids is 1. The van der Waals surface area contributed by atoms with Gasteiger partial charge in [-0.1, -0.05) is 58.0 Å². The SMILES string of the molecule is CC.CC.CC(=O)O.CC(C)(C)N1CC(F)(F)CC1CCCOCc1ccccc1. The van der Waals surface area contributed by atoms with Gasteiger partial charge in [0, 0.05) is 31.5 Å². The van der Waals surface area contributed by atoms with Crippen molar-refractivity contribution in [3.05, 3.63) is 35.9 Å². The van der Waals surface area contributed by atoms with Gasteiger partial charge in [-0.25, -0.2) is 8.78 Å². The molecule has 1 aromatic rings. The predicted octanol–water partition coefficient (Wildman–Crippen LogP) is 6.63. The van der Waals surface area contributed by atoms with Crippen LogP contribution in [0.25, 0.3) is 0 Å². The van der Waals surface area contributed by atoms with E-state index >= 15 is 0 Å². The molecule has 1 aliphatic heterocycles. The molecule has 0 radical (unpaired) electrons. The van der Waals surface area contributed by atoms with E-state index < -0.39 is 11.9 Å². The summed E-state index contributed by atoms with van der Waals surface area (Å²) < 4.78 is 33.0. The number of benzene rings is 1. The summed E-state index contributed by atoms with van der Waals surface area (Å²) in [5.74, 6) is -3.39. The van der Waals surface area contributed by atoms with Crippen molar-refractivity contribution in [1.82, 2.24) is 4.90 Å². The lowest BCUT2D eigenvalue weighted by Crippen LogP contribution is -2.45. The second-order valence-corrected chi connectivity index (χ2v) is 7.71. The van der Waals surface area contributed by atoms with Gasteiger partial charge in [-0.2, -0.15) is 0 Å². The third-order valence-corrected chi connectivity index (χ3v) is 4.18. The molecule has 0 aliphatic carbocycles. The molecule has 0 bridgehead atoms. The van der Waals surface area contributed by atoms with E-state index in [0.29, 0.717) is 13.2 Å². The number of halogens is 2. The summed E-state index contributed by atoms with van der Waals surface area (Å²) in [6.07, 6.45) is 1.56. The van der Waals surface area contributed by atoms with Crippen molar-refractivity contribution in [1.29, 1.82) is 0 Å². The Morgan fingerprint density at radius 3 is 2.13 bits per heavy atom. The smallest absolute Gasteiger partial charge is 0.300 e. The lowest BCUT2D eigenvalue weighted by atomic mass is 10.0. The van der Waals surface area contributed by atoms with Crippen LogP contribution >= 0.6 is 0 Å². The number of hydrogen-bond acceptors (Lipinski definition) is 3. The van der Waals surface area contributed by atoms with Gasteiger partial charge in [-0.3, -0.25) is 9.69 Å². The normalized spacial score (nSPS) is 17.5. The van der Waals surface area contributed by atoms with Crippen LogP contribution in [0.1, 0.15) is 80.2 Å². The van der Waals surface area contributed by atoms with Gasteiger partial charge in [-0.15, -0.1) is 0 Å². The molecule has 176 valence electrons. The van der Waals surface area contributed by atoms with E-state index in [1.54, 1.807) is 0 Å². The molecule has 1 unspecified atom stereocenters. The second-order valence-electron chi connectivity index (χ2n) is 7.71. The van der Waals surface area contributed by atoms with E-state index in [-0.39, 0.29) is 24.5 Å². The molecule has 1 saturated heterocycles. The first-order valence-corrected chi connectivity index (χ1v) is 11.0. The number of ether oxygens (including phenoxy) is 1. The third kappa shape index (κ3) is 14.5. The van der Waals surface area contributed by atoms with Crippen LogP contribution in [0.3, 0.4) is 0 Å². The maximum absolute atomic E-state index is 13.7. The summed E-state index contributed by atoms with van der Waals surface area (Å²) >= 11 is 0. The van der Waals surface area contributed by atoms with Crippen molar-refractivity contribution in [2.75, 3.05) is 13.2 Å². The Bertz CT molecular complexity index is 541. The van der Waals surface area contributed by atoms with Crippen LogP contribution in [-0.4, -0.2) is 46.6 Å². The van der Waals surface area contributed by atoms with Crippen molar-refractivity contribution in [3.8, 4) is 0 Å². The molecule has 2 rings (SSSR count). The second kappa shape index (κ2) is 16.2. The Hall–Kier alpha value is -1.53. The lowest BCUT2D eigenvalue weighted by molar-refractivity contribution is -0.134. The largest absolute Gasteiger partial charge is 0.481 e. The van der Waals surface area contributed by atoms with Gasteiger partial charge in [0.25, 0.3) is 11.9 Å². The molecule has 1 heterocycles. The highest BCUT2D eigenvalue weighted by atomic mass is 19.3. The zero-order valence-electron chi connectivity index (χ0n) is 20.2. The molecule has 30 heavy (non-hydrogen) atoms. The highest BCUT2D eigenvalue weighted by Gasteiger charge is 2.47. The molecule has 4 nitrogen and oxygen atoms in total. The van der Waals surface area contributed by atoms with E-state index in [2.05, 4.69) is 0 Å². The molecule has 1 N–H and O–H groups in total. The summed E-state index contributed by atoms with van der Waals surface area (Å²) in [4.78, 5) is 10.9. The maximum Gasteiger partial charge on any atom is 0.300 e. The highest BCUT2D eigenvalue weighted by Crippen LogP contribution is 2.38. The van der Waals surface area contributed by atoms with Crippen LogP contribution in [0.5, 0.6) is 0 Å². The Morgan fingerprint density at radius 2 is 1.67 bits per heavy atom. The molecule has 0 spiro atoms. The molecule has 0 saturated carbocycles. The van der Waals surface area contributed by atoms with Gasteiger partial charge in [0.2, 0.25) is 0 Å². The van der Waals surface area contributed by atoms with Crippen LogP contribution in [0.2, 0.25) is 0 Å². The number of carboxylic acid groups (broad SMARTS) is 1. The van der Waals surface area contributed by atoms with Crippen molar-refractivity contribution in [3.63, 3.8) is 0 Å². The number of carbonyl (C=O) groups is 1. The number of aliphatic carboxylic acids is 1. The lowest BCUT2D eigenvalue weighted by Gasteiger charge is -2.36. The van der Waals surface area contributed by atoms with E-state index in [9.17, 15) is 8.78 Å². The first-order chi connectivity index (χ1) is 14.0. The minimum Gasteiger partial charge on any atom is -0.481 e. The Balaban J connectivity index is 0. The fourth-order valence-electron chi connectivity index (χ4n) is 3.13. The topological polar surface area (TPSA) is 49.8 Å². The minimum absolute atomic E-state index is 0.0248. The average molecular weight is 432 g/mol. The maximum atomic E-state index is 13.7. The van der Waals surface area contributed by atoms with Crippen molar-refractivity contribution >= 4 is 5.97 Å². The van der Waals surface area contributed by atoms with Gasteiger partial charge >= 0.3 is 0 Å². The van der Waals surface area contributed by atoms with E-state index in [1.165, 1.54) is 0 Å². The highest BCUT2D eigenvalue weighted by molar-refractivity contribution is 5.62. The Labute approximate surface area is 182 Å². The molecule has 1 fully saturated rings. The van der Waals surface area contributed by atoms with Gasteiger partial charge in [0.15, 0.2) is 0 Å². The average Bonchev–Trinajstić information content (AvgIpc) is 3.00. The molecule has 0 aromatic heterocycles. The first-order valence-electron chi connectivity index (χ1n) is 11.0. The summed E-state index contributed by atoms with van der Waals surface area (Å²) in [5, 5.41) is 7.42. The van der Waals surface area contributed by atoms with Crippen LogP contribution in [0.15, 0.2) is 30.3 Å². The van der Waals surface area contributed by atoms with Gasteiger partial charge < -0.3 is 9.84 Å². The Morgan fingerprint density at radius 1 is 1.17 bits per heavy atom. The molecule has 1 aromatic carbocycles. The molecule has 1 aliphatic rings. The Kier molecular flexibility index (Phi) is 16.6. The quantitative estimate of drug-likeness (QED) is 0.513. The minimum atomic E-state index is -2.55. The summed E-state index contributed by atoms with van der Waals surface area (Å²) in [6.45, 7) is 16.2. The third-order valence-electron chi connectivity index (χ3n) is 4.18. The fraction of sp³-hybridized carbons (Fsp3) is 0.708. The number of rotatable bonds is 6. The van der Waals surface area contributed by atoms with Crippen LogP contribution in [0.4, 0.5) is 8.78 Å². The zero-order valence-corrected chi connectivity index (χ0v) is 20.2. The van der Waals surface area contributed by atoms with Crippen LogP contribution < -0.4 is 0 Å². The standard InChI is InChI=1S/C18H27F2NO.C2H4O2.2C2H6/c1-17(2,3)21-14-18(19,20)12-16(21)10-7-11-22-13-15-8-5-4-6-9-15;1-2(3)4;2*1-2/h4-6,8-9,16H,7,10-14H2,1-3H3;1H3,(H,3,4);2*1-2H3. The molecular formula is C24H43F2NO3. The van der Waals surface area contributed by atoms with Gasteiger partial charge in [0.05, 0.1) is 13.2 Å². The molecular weight excluding hydrogens is 388 g/mol. The van der Waals surface area contributed by atoms with E-state index in [1.807, 2.05) is 83.7 Å². The monoisotopic (exact) mass is 431 g/mol. The molecule has 1 atom stereocenters. The number of alkyl halides is 2. The van der Waals surface area contributed by atoms with Gasteiger partial charge in [-0.05, 0) is 39.2 Å². The fourth-order valence-corrected chi connectivity index (χ4v) is 3.13. The number of likely N-dealkylation sites (tertiary alicyclic amines) is 1. The van der Waals surface area contributed by atoms with Crippen LogP contribution in [-0.2, 0) is 16.1 Å². The van der Waals surface area contributed by atoms with Crippen LogP contribution in [0, 0.1) is 0 Å². The summed E-state index contributed by atoms with van der Waals surface area (Å²) in [7, 11) is 0. The zero-order chi connectivity index (χ0) is 23.8. The summed E-state index contributed by atoms with van der Waals surface area (Å²) in [5.41, 5.74) is 0.932. The molecule has 0 amide bonds. The molecule has 6 heteroatoms. The van der Waals surface area contributed by atoms with Gasteiger partial charge in [0.1, 0.15) is 0 Å². The number of nitrogens with zero attached hydrogens (tertiary/aromatic N) is 1. The van der Waals surface area contributed by atoms with E-state index in [0.717, 1.165) is 25.3 Å².